The van der Waals surface area contributed by atoms with Gasteiger partial charge in [0.15, 0.2) is 11.5 Å². The van der Waals surface area contributed by atoms with Crippen molar-refractivity contribution < 1.29 is 29.9 Å². The number of hydrogen-bond donors (Lipinski definition) is 5. The number of phenolic OH excluding ortho intramolecular Hbond substituents is 4. The molecule has 0 fully saturated rings. The van der Waals surface area contributed by atoms with Crippen molar-refractivity contribution in [3.8, 4) is 34.1 Å². The summed E-state index contributed by atoms with van der Waals surface area (Å²) in [5, 5.41) is 49.6. The number of aliphatic hydroxyl groups is 1. The van der Waals surface area contributed by atoms with Crippen LogP contribution in [0.1, 0.15) is 25.8 Å². The van der Waals surface area contributed by atoms with Gasteiger partial charge in [-0.05, 0) is 44.4 Å². The predicted octanol–water partition coefficient (Wildman–Crippen LogP) is 2.99. The van der Waals surface area contributed by atoms with Crippen molar-refractivity contribution in [1.82, 2.24) is 0 Å². The summed E-state index contributed by atoms with van der Waals surface area (Å²) in [7, 11) is 0. The molecule has 0 saturated heterocycles. The Bertz CT molecular complexity index is 1070. The Morgan fingerprint density at radius 2 is 1.70 bits per heavy atom. The van der Waals surface area contributed by atoms with Crippen LogP contribution in [0.25, 0.3) is 22.1 Å². The first-order valence-corrected chi connectivity index (χ1v) is 8.32. The van der Waals surface area contributed by atoms with Gasteiger partial charge in [-0.15, -0.1) is 0 Å². The van der Waals surface area contributed by atoms with Crippen molar-refractivity contribution in [3.05, 3.63) is 46.3 Å². The highest BCUT2D eigenvalue weighted by molar-refractivity contribution is 5.89. The highest BCUT2D eigenvalue weighted by Gasteiger charge is 2.21. The van der Waals surface area contributed by atoms with Gasteiger partial charge in [-0.25, -0.2) is 0 Å². The van der Waals surface area contributed by atoms with Crippen LogP contribution in [-0.2, 0) is 6.42 Å². The van der Waals surface area contributed by atoms with Gasteiger partial charge in [0.05, 0.1) is 11.2 Å². The average Bonchev–Trinajstić information content (AvgIpc) is 2.56. The zero-order chi connectivity index (χ0) is 19.9. The second-order valence-corrected chi connectivity index (χ2v) is 7.09. The fourth-order valence-corrected chi connectivity index (χ4v) is 2.86. The molecule has 2 aromatic carbocycles. The number of rotatable bonds is 4. The predicted molar refractivity (Wildman–Crippen MR) is 99.2 cm³/mol. The molecular weight excluding hydrogens is 352 g/mol. The van der Waals surface area contributed by atoms with Gasteiger partial charge in [-0.3, -0.25) is 4.79 Å². The van der Waals surface area contributed by atoms with Gasteiger partial charge in [0.1, 0.15) is 28.7 Å². The molecule has 142 valence electrons. The summed E-state index contributed by atoms with van der Waals surface area (Å²) < 4.78 is 5.40. The fourth-order valence-electron chi connectivity index (χ4n) is 2.86. The first kappa shape index (κ1) is 18.6. The minimum Gasteiger partial charge on any atom is -0.507 e. The van der Waals surface area contributed by atoms with E-state index in [-0.39, 0.29) is 46.4 Å². The molecule has 7 nitrogen and oxygen atoms in total. The van der Waals surface area contributed by atoms with Gasteiger partial charge >= 0.3 is 0 Å². The summed E-state index contributed by atoms with van der Waals surface area (Å²) in [5.41, 5.74) is -1.04. The standard InChI is InChI=1S/C20H20O7/c1-20(2,26)6-5-11-14(22)8-16-17(18(11)24)19(25)12(9-27-16)10-3-4-13(21)15(23)7-10/h3-4,7-9,21-24,26H,5-6H2,1-2H3. The highest BCUT2D eigenvalue weighted by Crippen LogP contribution is 2.37. The lowest BCUT2D eigenvalue weighted by Crippen LogP contribution is -2.19. The second kappa shape index (κ2) is 6.51. The molecule has 27 heavy (non-hydrogen) atoms. The lowest BCUT2D eigenvalue weighted by molar-refractivity contribution is 0.0711. The summed E-state index contributed by atoms with van der Waals surface area (Å²) >= 11 is 0. The van der Waals surface area contributed by atoms with Crippen molar-refractivity contribution in [2.75, 3.05) is 0 Å². The molecule has 3 rings (SSSR count). The Balaban J connectivity index is 2.19. The lowest BCUT2D eigenvalue weighted by Gasteiger charge is -2.18. The van der Waals surface area contributed by atoms with Crippen LogP contribution in [0.4, 0.5) is 0 Å². The maximum Gasteiger partial charge on any atom is 0.204 e. The van der Waals surface area contributed by atoms with Crippen LogP contribution < -0.4 is 5.43 Å². The summed E-state index contributed by atoms with van der Waals surface area (Å²) in [6.45, 7) is 3.21. The van der Waals surface area contributed by atoms with Gasteiger partial charge in [-0.1, -0.05) is 6.07 Å². The molecule has 0 aliphatic carbocycles. The summed E-state index contributed by atoms with van der Waals surface area (Å²) in [4.78, 5) is 12.9. The molecule has 0 atom stereocenters. The van der Waals surface area contributed by atoms with Gasteiger partial charge in [0.25, 0.3) is 0 Å². The number of hydrogen-bond acceptors (Lipinski definition) is 7. The Morgan fingerprint density at radius 3 is 2.33 bits per heavy atom. The third-order valence-electron chi connectivity index (χ3n) is 4.39. The average molecular weight is 372 g/mol. The van der Waals surface area contributed by atoms with Crippen LogP contribution in [0.15, 0.2) is 39.7 Å². The quantitative estimate of drug-likeness (QED) is 0.445. The number of phenols is 4. The van der Waals surface area contributed by atoms with Crippen LogP contribution in [-0.4, -0.2) is 31.1 Å². The summed E-state index contributed by atoms with van der Waals surface area (Å²) in [5.74, 6) is -1.37. The number of fused-ring (bicyclic) bond motifs is 1. The smallest absolute Gasteiger partial charge is 0.204 e. The summed E-state index contributed by atoms with van der Waals surface area (Å²) in [6.07, 6.45) is 1.57. The molecular formula is C20H20O7. The normalized spacial score (nSPS) is 11.8. The van der Waals surface area contributed by atoms with Crippen molar-refractivity contribution in [2.24, 2.45) is 0 Å². The fraction of sp³-hybridized carbons (Fsp3) is 0.250. The molecule has 1 aromatic heterocycles. The molecule has 0 aliphatic rings. The van der Waals surface area contributed by atoms with E-state index in [1.165, 1.54) is 24.3 Å². The van der Waals surface area contributed by atoms with Crippen molar-refractivity contribution >= 4 is 11.0 Å². The largest absolute Gasteiger partial charge is 0.507 e. The SMILES string of the molecule is CC(C)(O)CCc1c(O)cc2occ(-c3ccc(O)c(O)c3)c(=O)c2c1O. The molecule has 5 N–H and O–H groups in total. The van der Waals surface area contributed by atoms with Crippen LogP contribution in [0, 0.1) is 0 Å². The van der Waals surface area contributed by atoms with Crippen LogP contribution in [0.2, 0.25) is 0 Å². The molecule has 7 heteroatoms. The first-order valence-electron chi connectivity index (χ1n) is 8.32. The van der Waals surface area contributed by atoms with E-state index in [9.17, 15) is 30.3 Å². The third-order valence-corrected chi connectivity index (χ3v) is 4.39. The van der Waals surface area contributed by atoms with E-state index in [1.54, 1.807) is 13.8 Å². The zero-order valence-corrected chi connectivity index (χ0v) is 14.9. The minimum absolute atomic E-state index is 0.00811. The van der Waals surface area contributed by atoms with E-state index in [1.807, 2.05) is 0 Å². The van der Waals surface area contributed by atoms with Crippen molar-refractivity contribution in [1.29, 1.82) is 0 Å². The molecule has 0 unspecified atom stereocenters. The van der Waals surface area contributed by atoms with Crippen LogP contribution in [0.3, 0.4) is 0 Å². The van der Waals surface area contributed by atoms with E-state index in [0.29, 0.717) is 5.56 Å². The van der Waals surface area contributed by atoms with E-state index >= 15 is 0 Å². The molecule has 3 aromatic rings. The minimum atomic E-state index is -1.01. The zero-order valence-electron chi connectivity index (χ0n) is 14.9. The van der Waals surface area contributed by atoms with Crippen molar-refractivity contribution in [2.45, 2.75) is 32.3 Å². The van der Waals surface area contributed by atoms with Crippen molar-refractivity contribution in [3.63, 3.8) is 0 Å². The van der Waals surface area contributed by atoms with E-state index in [4.69, 9.17) is 4.42 Å². The maximum absolute atomic E-state index is 12.9. The second-order valence-electron chi connectivity index (χ2n) is 7.09. The number of aromatic hydroxyl groups is 4. The highest BCUT2D eigenvalue weighted by atomic mass is 16.3. The van der Waals surface area contributed by atoms with Gasteiger partial charge in [0, 0.05) is 11.6 Å². The van der Waals surface area contributed by atoms with E-state index in [2.05, 4.69) is 0 Å². The van der Waals surface area contributed by atoms with Gasteiger partial charge in [-0.2, -0.15) is 0 Å². The first-order chi connectivity index (χ1) is 12.6. The van der Waals surface area contributed by atoms with E-state index < -0.39 is 22.5 Å². The molecule has 0 aliphatic heterocycles. The molecule has 0 bridgehead atoms. The Hall–Kier alpha value is -3.19. The molecule has 0 radical (unpaired) electrons. The summed E-state index contributed by atoms with van der Waals surface area (Å²) in [6, 6.07) is 5.12. The van der Waals surface area contributed by atoms with Gasteiger partial charge in [0.2, 0.25) is 5.43 Å². The topological polar surface area (TPSA) is 131 Å². The monoisotopic (exact) mass is 372 g/mol. The Morgan fingerprint density at radius 1 is 1.00 bits per heavy atom. The molecule has 0 amide bonds. The Labute approximate surface area is 154 Å². The Kier molecular flexibility index (Phi) is 4.49. The van der Waals surface area contributed by atoms with Crippen LogP contribution >= 0.6 is 0 Å². The van der Waals surface area contributed by atoms with Gasteiger partial charge < -0.3 is 29.9 Å². The third kappa shape index (κ3) is 3.54. The number of benzene rings is 2. The molecule has 0 spiro atoms. The maximum atomic E-state index is 12.9. The molecule has 1 heterocycles. The van der Waals surface area contributed by atoms with E-state index in [0.717, 1.165) is 6.26 Å². The lowest BCUT2D eigenvalue weighted by atomic mass is 9.96. The molecule has 0 saturated carbocycles. The van der Waals surface area contributed by atoms with Crippen LogP contribution in [0.5, 0.6) is 23.0 Å².